The average molecular weight is 150 g/mol. The summed E-state index contributed by atoms with van der Waals surface area (Å²) in [4.78, 5) is 7.67. The number of hydrogen-bond donors (Lipinski definition) is 0. The van der Waals surface area contributed by atoms with Crippen molar-refractivity contribution >= 4 is 18.7 Å². The number of aromatic nitrogens is 2. The van der Waals surface area contributed by atoms with Gasteiger partial charge >= 0.3 is 0 Å². The second-order valence-corrected chi connectivity index (χ2v) is 2.09. The van der Waals surface area contributed by atoms with Gasteiger partial charge in [-0.2, -0.15) is 5.10 Å². The predicted molar refractivity (Wildman–Crippen MR) is 45.9 cm³/mol. The lowest BCUT2D eigenvalue weighted by Gasteiger charge is -1.92. The van der Waals surface area contributed by atoms with Crippen molar-refractivity contribution in [3.05, 3.63) is 11.8 Å². The lowest BCUT2D eigenvalue weighted by Crippen LogP contribution is -1.88. The molecule has 0 aromatic carbocycles. The van der Waals surface area contributed by atoms with Crippen LogP contribution in [0.2, 0.25) is 0 Å². The third-order valence-corrected chi connectivity index (χ3v) is 1.35. The molecular weight excluding hydrogens is 140 g/mol. The summed E-state index contributed by atoms with van der Waals surface area (Å²) in [5.74, 6) is 0.746. The highest BCUT2D eigenvalue weighted by atomic mass is 15.3. The van der Waals surface area contributed by atoms with Gasteiger partial charge in [0.25, 0.3) is 0 Å². The monoisotopic (exact) mass is 150 g/mol. The fraction of sp³-hybridized carbons (Fsp3) is 0.286. The van der Waals surface area contributed by atoms with E-state index in [2.05, 4.69) is 21.8 Å². The summed E-state index contributed by atoms with van der Waals surface area (Å²) in [6, 6.07) is 0. The third-order valence-electron chi connectivity index (χ3n) is 1.35. The van der Waals surface area contributed by atoms with E-state index >= 15 is 0 Å². The van der Waals surface area contributed by atoms with E-state index in [1.54, 1.807) is 24.1 Å². The Kier molecular flexibility index (Phi) is 2.15. The third kappa shape index (κ3) is 1.34. The molecule has 0 aliphatic heterocycles. The Morgan fingerprint density at radius 2 is 2.45 bits per heavy atom. The van der Waals surface area contributed by atoms with Gasteiger partial charge in [-0.1, -0.05) is 0 Å². The Morgan fingerprint density at radius 1 is 1.73 bits per heavy atom. The largest absolute Gasteiger partial charge is 0.296 e. The first-order chi connectivity index (χ1) is 5.29. The number of rotatable bonds is 2. The van der Waals surface area contributed by atoms with E-state index in [1.807, 2.05) is 7.05 Å². The molecular formula is C7H10N4. The van der Waals surface area contributed by atoms with E-state index in [0.29, 0.717) is 0 Å². The van der Waals surface area contributed by atoms with Crippen LogP contribution in [0.15, 0.2) is 16.2 Å². The molecule has 58 valence electrons. The Hall–Kier alpha value is -1.45. The van der Waals surface area contributed by atoms with E-state index in [4.69, 9.17) is 0 Å². The van der Waals surface area contributed by atoms with Crippen molar-refractivity contribution in [2.24, 2.45) is 17.0 Å². The van der Waals surface area contributed by atoms with Crippen LogP contribution in [-0.4, -0.2) is 29.8 Å². The smallest absolute Gasteiger partial charge is 0.158 e. The fourth-order valence-corrected chi connectivity index (χ4v) is 0.872. The first-order valence-electron chi connectivity index (χ1n) is 3.20. The minimum absolute atomic E-state index is 0.746. The molecule has 0 saturated heterocycles. The molecule has 0 unspecified atom stereocenters. The molecule has 4 heteroatoms. The van der Waals surface area contributed by atoms with Crippen molar-refractivity contribution in [1.29, 1.82) is 0 Å². The quantitative estimate of drug-likeness (QED) is 0.575. The molecule has 0 aliphatic rings. The molecule has 0 aliphatic carbocycles. The Labute approximate surface area is 65.3 Å². The topological polar surface area (TPSA) is 42.5 Å². The molecule has 0 amide bonds. The second-order valence-electron chi connectivity index (χ2n) is 2.09. The van der Waals surface area contributed by atoms with Crippen molar-refractivity contribution in [2.75, 3.05) is 7.05 Å². The minimum Gasteiger partial charge on any atom is -0.296 e. The van der Waals surface area contributed by atoms with E-state index in [-0.39, 0.29) is 0 Å². The lowest BCUT2D eigenvalue weighted by atomic mass is 10.3. The maximum absolute atomic E-state index is 4.00. The molecule has 0 saturated carbocycles. The fourth-order valence-electron chi connectivity index (χ4n) is 0.872. The lowest BCUT2D eigenvalue weighted by molar-refractivity contribution is 0.771. The zero-order valence-corrected chi connectivity index (χ0v) is 6.65. The van der Waals surface area contributed by atoms with E-state index in [0.717, 1.165) is 11.4 Å². The highest BCUT2D eigenvalue weighted by molar-refractivity contribution is 5.85. The molecule has 1 rings (SSSR count). The Morgan fingerprint density at radius 3 is 3.00 bits per heavy atom. The number of hydrogen-bond acceptors (Lipinski definition) is 3. The molecule has 0 fully saturated rings. The van der Waals surface area contributed by atoms with Gasteiger partial charge < -0.3 is 0 Å². The first kappa shape index (κ1) is 7.65. The van der Waals surface area contributed by atoms with E-state index < -0.39 is 0 Å². The summed E-state index contributed by atoms with van der Waals surface area (Å²) < 4.78 is 1.66. The summed E-state index contributed by atoms with van der Waals surface area (Å²) >= 11 is 0. The number of nitrogens with zero attached hydrogens (tertiary/aromatic N) is 4. The highest BCUT2D eigenvalue weighted by Crippen LogP contribution is 2.13. The first-order valence-corrected chi connectivity index (χ1v) is 3.20. The van der Waals surface area contributed by atoms with Gasteiger partial charge in [0.15, 0.2) is 5.82 Å². The van der Waals surface area contributed by atoms with Crippen molar-refractivity contribution in [2.45, 2.75) is 0 Å². The molecule has 0 atom stereocenters. The van der Waals surface area contributed by atoms with Crippen molar-refractivity contribution in [3.63, 3.8) is 0 Å². The Balaban J connectivity index is 3.15. The maximum Gasteiger partial charge on any atom is 0.158 e. The van der Waals surface area contributed by atoms with Gasteiger partial charge in [0.05, 0.1) is 11.8 Å². The SMILES string of the molecule is C=Nc1c(C=NC)cnn1C. The van der Waals surface area contributed by atoms with Gasteiger partial charge in [-0.3, -0.25) is 9.67 Å². The van der Waals surface area contributed by atoms with Crippen molar-refractivity contribution in [3.8, 4) is 0 Å². The van der Waals surface area contributed by atoms with Crippen LogP contribution in [0, 0.1) is 0 Å². The molecule has 11 heavy (non-hydrogen) atoms. The van der Waals surface area contributed by atoms with E-state index in [9.17, 15) is 0 Å². The van der Waals surface area contributed by atoms with Crippen LogP contribution in [0.4, 0.5) is 5.82 Å². The molecule has 1 aromatic heterocycles. The summed E-state index contributed by atoms with van der Waals surface area (Å²) in [7, 11) is 3.52. The number of aryl methyl sites for hydroxylation is 1. The van der Waals surface area contributed by atoms with E-state index in [1.165, 1.54) is 0 Å². The maximum atomic E-state index is 4.00. The van der Waals surface area contributed by atoms with Crippen LogP contribution < -0.4 is 0 Å². The molecule has 0 spiro atoms. The Bertz CT molecular complexity index is 285. The zero-order valence-electron chi connectivity index (χ0n) is 6.65. The van der Waals surface area contributed by atoms with Gasteiger partial charge in [0.2, 0.25) is 0 Å². The van der Waals surface area contributed by atoms with Crippen LogP contribution in [0.3, 0.4) is 0 Å². The van der Waals surface area contributed by atoms with Gasteiger partial charge in [0, 0.05) is 20.3 Å². The standard InChI is InChI=1S/C7H10N4/c1-8-4-6-5-10-11(3)7(6)9-2/h4-5H,2H2,1,3H3. The molecule has 0 bridgehead atoms. The summed E-state index contributed by atoms with van der Waals surface area (Å²) in [6.45, 7) is 3.43. The highest BCUT2D eigenvalue weighted by Gasteiger charge is 2.01. The van der Waals surface area contributed by atoms with Crippen LogP contribution in [0.5, 0.6) is 0 Å². The second kappa shape index (κ2) is 3.09. The van der Waals surface area contributed by atoms with Gasteiger partial charge in [-0.15, -0.1) is 0 Å². The van der Waals surface area contributed by atoms with Crippen molar-refractivity contribution < 1.29 is 0 Å². The molecule has 0 radical (unpaired) electrons. The minimum atomic E-state index is 0.746. The van der Waals surface area contributed by atoms with Crippen molar-refractivity contribution in [1.82, 2.24) is 9.78 Å². The molecule has 1 heterocycles. The number of aliphatic imine (C=N–C) groups is 2. The molecule has 1 aromatic rings. The predicted octanol–water partition coefficient (Wildman–Crippen LogP) is 0.801. The average Bonchev–Trinajstić information content (AvgIpc) is 2.33. The molecule has 0 N–H and O–H groups in total. The van der Waals surface area contributed by atoms with Gasteiger partial charge in [0.1, 0.15) is 0 Å². The normalized spacial score (nSPS) is 10.7. The summed E-state index contributed by atoms with van der Waals surface area (Å²) in [6.07, 6.45) is 3.41. The van der Waals surface area contributed by atoms with Gasteiger partial charge in [-0.05, 0) is 6.72 Å². The van der Waals surface area contributed by atoms with Crippen LogP contribution in [0.1, 0.15) is 5.56 Å². The summed E-state index contributed by atoms with van der Waals surface area (Å²) in [5.41, 5.74) is 0.894. The molecule has 4 nitrogen and oxygen atoms in total. The van der Waals surface area contributed by atoms with Crippen LogP contribution in [-0.2, 0) is 7.05 Å². The summed E-state index contributed by atoms with van der Waals surface area (Å²) in [5, 5.41) is 4.00. The zero-order chi connectivity index (χ0) is 8.27. The van der Waals surface area contributed by atoms with Crippen LogP contribution in [0.25, 0.3) is 0 Å². The van der Waals surface area contributed by atoms with Crippen LogP contribution >= 0.6 is 0 Å². The van der Waals surface area contributed by atoms with Gasteiger partial charge in [-0.25, -0.2) is 4.99 Å².